The van der Waals surface area contributed by atoms with E-state index in [0.717, 1.165) is 13.1 Å². The van der Waals surface area contributed by atoms with Gasteiger partial charge in [-0.25, -0.2) is 9.59 Å². The van der Waals surface area contributed by atoms with E-state index in [1.165, 1.54) is 31.7 Å². The van der Waals surface area contributed by atoms with Crippen molar-refractivity contribution in [3.63, 3.8) is 0 Å². The topological polar surface area (TPSA) is 72.9 Å². The maximum atomic E-state index is 11.7. The Morgan fingerprint density at radius 2 is 2.06 bits per heavy atom. The van der Waals surface area contributed by atoms with Crippen molar-refractivity contribution < 1.29 is 14.7 Å². The third-order valence-electron chi connectivity index (χ3n) is 3.40. The number of urea groups is 1. The summed E-state index contributed by atoms with van der Waals surface area (Å²) in [5.74, 6) is -0.999. The Kier molecular flexibility index (Phi) is 5.40. The fraction of sp³-hybridized carbons (Fsp3) is 0.833. The number of aliphatic carboxylic acids is 1. The second-order valence-electron chi connectivity index (χ2n) is 4.72. The fourth-order valence-corrected chi connectivity index (χ4v) is 1.81. The van der Waals surface area contributed by atoms with E-state index >= 15 is 0 Å². The molecule has 6 heteroatoms. The number of likely N-dealkylation sites (N-methyl/N-ethyl adjacent to an activating group) is 2. The summed E-state index contributed by atoms with van der Waals surface area (Å²) in [4.78, 5) is 26.0. The van der Waals surface area contributed by atoms with Crippen LogP contribution in [-0.4, -0.2) is 65.7 Å². The summed E-state index contributed by atoms with van der Waals surface area (Å²) >= 11 is 0. The number of carboxylic acids is 1. The second kappa shape index (κ2) is 6.58. The van der Waals surface area contributed by atoms with Gasteiger partial charge in [0.05, 0.1) is 0 Å². The van der Waals surface area contributed by atoms with Crippen LogP contribution in [-0.2, 0) is 4.79 Å². The van der Waals surface area contributed by atoms with Crippen molar-refractivity contribution in [1.82, 2.24) is 15.1 Å². The third kappa shape index (κ3) is 4.18. The van der Waals surface area contributed by atoms with Crippen LogP contribution in [0.15, 0.2) is 0 Å². The van der Waals surface area contributed by atoms with Crippen molar-refractivity contribution in [2.45, 2.75) is 38.8 Å². The van der Waals surface area contributed by atoms with Crippen molar-refractivity contribution >= 4 is 12.0 Å². The lowest BCUT2D eigenvalue weighted by Crippen LogP contribution is -2.47. The highest BCUT2D eigenvalue weighted by atomic mass is 16.4. The van der Waals surface area contributed by atoms with Gasteiger partial charge in [-0.1, -0.05) is 6.92 Å². The molecule has 1 atom stereocenters. The largest absolute Gasteiger partial charge is 0.480 e. The molecule has 2 N–H and O–H groups in total. The minimum atomic E-state index is -0.999. The van der Waals surface area contributed by atoms with Gasteiger partial charge in [0.1, 0.15) is 6.04 Å². The molecule has 0 aromatic rings. The molecule has 1 fully saturated rings. The summed E-state index contributed by atoms with van der Waals surface area (Å²) in [7, 11) is 1.49. The molecule has 2 amide bonds. The lowest BCUT2D eigenvalue weighted by Gasteiger charge is -2.24. The quantitative estimate of drug-likeness (QED) is 0.700. The zero-order valence-electron chi connectivity index (χ0n) is 11.3. The number of carbonyl (C=O) groups excluding carboxylic acids is 1. The molecule has 104 valence electrons. The first-order valence-electron chi connectivity index (χ1n) is 6.44. The summed E-state index contributed by atoms with van der Waals surface area (Å²) in [6, 6.07) is -0.463. The monoisotopic (exact) mass is 257 g/mol. The molecule has 1 unspecified atom stereocenters. The van der Waals surface area contributed by atoms with Crippen LogP contribution in [0, 0.1) is 0 Å². The highest BCUT2D eigenvalue weighted by Gasteiger charge is 2.27. The van der Waals surface area contributed by atoms with Gasteiger partial charge in [-0.2, -0.15) is 0 Å². The Morgan fingerprint density at radius 3 is 2.50 bits per heavy atom. The summed E-state index contributed by atoms with van der Waals surface area (Å²) in [6.07, 6.45) is 2.50. The van der Waals surface area contributed by atoms with Crippen LogP contribution in [0.4, 0.5) is 4.79 Å². The lowest BCUT2D eigenvalue weighted by atomic mass is 10.3. The minimum absolute atomic E-state index is 0.336. The molecule has 0 aromatic carbocycles. The summed E-state index contributed by atoms with van der Waals surface area (Å²) in [5, 5.41) is 11.6. The van der Waals surface area contributed by atoms with Crippen molar-refractivity contribution in [3.8, 4) is 0 Å². The number of amides is 2. The highest BCUT2D eigenvalue weighted by molar-refractivity contribution is 5.82. The number of hydrogen-bond donors (Lipinski definition) is 2. The van der Waals surface area contributed by atoms with E-state index in [1.807, 2.05) is 0 Å². The molecular formula is C12H23N3O3. The number of hydrogen-bond acceptors (Lipinski definition) is 3. The van der Waals surface area contributed by atoms with Gasteiger partial charge in [-0.3, -0.25) is 4.90 Å². The normalized spacial score (nSPS) is 16.4. The number of nitrogens with zero attached hydrogens (tertiary/aromatic N) is 2. The minimum Gasteiger partial charge on any atom is -0.480 e. The van der Waals surface area contributed by atoms with Gasteiger partial charge < -0.3 is 15.3 Å². The van der Waals surface area contributed by atoms with Gasteiger partial charge in [0.25, 0.3) is 0 Å². The van der Waals surface area contributed by atoms with Crippen molar-refractivity contribution in [3.05, 3.63) is 0 Å². The Hall–Kier alpha value is -1.30. The van der Waals surface area contributed by atoms with E-state index in [0.29, 0.717) is 12.6 Å². The van der Waals surface area contributed by atoms with E-state index < -0.39 is 12.0 Å². The summed E-state index contributed by atoms with van der Waals surface area (Å²) in [5.41, 5.74) is 0. The zero-order chi connectivity index (χ0) is 13.7. The number of carboxylic acid groups (broad SMARTS) is 1. The smallest absolute Gasteiger partial charge is 0.326 e. The Labute approximate surface area is 108 Å². The lowest BCUT2D eigenvalue weighted by molar-refractivity contribution is -0.141. The van der Waals surface area contributed by atoms with Crippen LogP contribution >= 0.6 is 0 Å². The van der Waals surface area contributed by atoms with E-state index in [2.05, 4.69) is 17.1 Å². The maximum Gasteiger partial charge on any atom is 0.326 e. The molecule has 1 aliphatic carbocycles. The molecule has 0 saturated heterocycles. The van der Waals surface area contributed by atoms with Crippen LogP contribution < -0.4 is 5.32 Å². The molecular weight excluding hydrogens is 234 g/mol. The summed E-state index contributed by atoms with van der Waals surface area (Å²) < 4.78 is 0. The van der Waals surface area contributed by atoms with Crippen LogP contribution in [0.2, 0.25) is 0 Å². The van der Waals surface area contributed by atoms with Crippen molar-refractivity contribution in [2.75, 3.05) is 26.7 Å². The van der Waals surface area contributed by atoms with E-state index in [1.54, 1.807) is 0 Å². The first-order chi connectivity index (χ1) is 8.47. The zero-order valence-corrected chi connectivity index (χ0v) is 11.3. The van der Waals surface area contributed by atoms with Gasteiger partial charge in [0, 0.05) is 26.2 Å². The molecule has 1 saturated carbocycles. The maximum absolute atomic E-state index is 11.7. The van der Waals surface area contributed by atoms with Crippen molar-refractivity contribution in [2.24, 2.45) is 0 Å². The predicted octanol–water partition coefficient (Wildman–Crippen LogP) is 0.585. The fourth-order valence-electron chi connectivity index (χ4n) is 1.81. The Bertz CT molecular complexity index is 305. The van der Waals surface area contributed by atoms with Crippen LogP contribution in [0.25, 0.3) is 0 Å². The molecule has 1 rings (SSSR count). The second-order valence-corrected chi connectivity index (χ2v) is 4.72. The standard InChI is InChI=1S/C12H23N3O3/c1-4-15(10-5-6-10)8-7-13-12(18)14(3)9(2)11(16)17/h9-10H,4-8H2,1-3H3,(H,13,18)(H,16,17). The molecule has 0 aromatic heterocycles. The molecule has 18 heavy (non-hydrogen) atoms. The van der Waals surface area contributed by atoms with E-state index in [4.69, 9.17) is 5.11 Å². The van der Waals surface area contributed by atoms with Gasteiger partial charge in [0.15, 0.2) is 0 Å². The highest BCUT2D eigenvalue weighted by Crippen LogP contribution is 2.25. The molecule has 0 bridgehead atoms. The van der Waals surface area contributed by atoms with Crippen LogP contribution in [0.3, 0.4) is 0 Å². The van der Waals surface area contributed by atoms with Crippen LogP contribution in [0.1, 0.15) is 26.7 Å². The Balaban J connectivity index is 2.25. The summed E-state index contributed by atoms with van der Waals surface area (Å²) in [6.45, 7) is 5.97. The molecule has 0 radical (unpaired) electrons. The number of nitrogens with one attached hydrogen (secondary N) is 1. The first kappa shape index (κ1) is 14.8. The first-order valence-corrected chi connectivity index (χ1v) is 6.44. The molecule has 1 aliphatic rings. The van der Waals surface area contributed by atoms with E-state index in [9.17, 15) is 9.59 Å². The molecule has 0 spiro atoms. The number of rotatable bonds is 7. The van der Waals surface area contributed by atoms with Crippen molar-refractivity contribution in [1.29, 1.82) is 0 Å². The molecule has 0 heterocycles. The SMILES string of the molecule is CCN(CCNC(=O)N(C)C(C)C(=O)O)C1CC1. The Morgan fingerprint density at radius 1 is 1.44 bits per heavy atom. The van der Waals surface area contributed by atoms with Gasteiger partial charge in [-0.15, -0.1) is 0 Å². The van der Waals surface area contributed by atoms with Gasteiger partial charge >= 0.3 is 12.0 Å². The molecule has 6 nitrogen and oxygen atoms in total. The van der Waals surface area contributed by atoms with Crippen LogP contribution in [0.5, 0.6) is 0 Å². The van der Waals surface area contributed by atoms with Gasteiger partial charge in [-0.05, 0) is 26.3 Å². The molecule has 0 aliphatic heterocycles. The number of carbonyl (C=O) groups is 2. The van der Waals surface area contributed by atoms with E-state index in [-0.39, 0.29) is 6.03 Å². The van der Waals surface area contributed by atoms with Gasteiger partial charge in [0.2, 0.25) is 0 Å². The average Bonchev–Trinajstić information content (AvgIpc) is 3.16. The third-order valence-corrected chi connectivity index (χ3v) is 3.40. The predicted molar refractivity (Wildman–Crippen MR) is 68.5 cm³/mol. The average molecular weight is 257 g/mol.